The van der Waals surface area contributed by atoms with Crippen molar-refractivity contribution in [3.8, 4) is 0 Å². The summed E-state index contributed by atoms with van der Waals surface area (Å²) in [5.74, 6) is 2.43. The first-order valence-corrected chi connectivity index (χ1v) is 10.0. The lowest BCUT2D eigenvalue weighted by Gasteiger charge is -2.37. The van der Waals surface area contributed by atoms with Crippen LogP contribution in [0.25, 0.3) is 0 Å². The van der Waals surface area contributed by atoms with E-state index in [1.165, 1.54) is 26.2 Å². The van der Waals surface area contributed by atoms with Crippen molar-refractivity contribution >= 4 is 35.9 Å². The van der Waals surface area contributed by atoms with E-state index in [0.29, 0.717) is 5.92 Å². The third-order valence-electron chi connectivity index (χ3n) is 5.40. The second kappa shape index (κ2) is 11.7. The van der Waals surface area contributed by atoms with Gasteiger partial charge in [-0.05, 0) is 19.0 Å². The molecule has 8 nitrogen and oxygen atoms in total. The van der Waals surface area contributed by atoms with Gasteiger partial charge in [0.25, 0.3) is 0 Å². The quantitative estimate of drug-likeness (QED) is 0.361. The van der Waals surface area contributed by atoms with Crippen molar-refractivity contribution in [1.82, 2.24) is 30.0 Å². The van der Waals surface area contributed by atoms with Crippen molar-refractivity contribution in [2.24, 2.45) is 10.9 Å². The molecule has 0 aromatic carbocycles. The summed E-state index contributed by atoms with van der Waals surface area (Å²) in [4.78, 5) is 22.8. The number of hydrogen-bond acceptors (Lipinski definition) is 6. The second-order valence-corrected chi connectivity index (χ2v) is 7.66. The Kier molecular flexibility index (Phi) is 9.66. The molecule has 3 rings (SSSR count). The molecule has 2 saturated heterocycles. The number of piperazine rings is 2. The van der Waals surface area contributed by atoms with Gasteiger partial charge in [0, 0.05) is 84.9 Å². The first-order chi connectivity index (χ1) is 13.2. The molecule has 0 bridgehead atoms. The van der Waals surface area contributed by atoms with Crippen molar-refractivity contribution in [2.45, 2.75) is 6.92 Å². The average molecular weight is 502 g/mol. The number of hydrogen-bond donors (Lipinski definition) is 1. The minimum absolute atomic E-state index is 0. The molecule has 2 aliphatic rings. The van der Waals surface area contributed by atoms with E-state index in [0.717, 1.165) is 51.2 Å². The zero-order valence-corrected chi connectivity index (χ0v) is 19.7. The molecule has 28 heavy (non-hydrogen) atoms. The summed E-state index contributed by atoms with van der Waals surface area (Å²) in [5.41, 5.74) is 0. The summed E-state index contributed by atoms with van der Waals surface area (Å²) in [7, 11) is 4.08. The van der Waals surface area contributed by atoms with Crippen molar-refractivity contribution < 1.29 is 0 Å². The van der Waals surface area contributed by atoms with Crippen LogP contribution in [0.4, 0.5) is 5.95 Å². The molecule has 9 heteroatoms. The number of likely N-dealkylation sites (N-methyl/N-ethyl adjacent to an activating group) is 1. The zero-order chi connectivity index (χ0) is 19.1. The van der Waals surface area contributed by atoms with Crippen LogP contribution in [0.2, 0.25) is 0 Å². The average Bonchev–Trinajstić information content (AvgIpc) is 2.71. The molecule has 1 aromatic rings. The van der Waals surface area contributed by atoms with Crippen LogP contribution < -0.4 is 10.2 Å². The molecule has 1 N–H and O–H groups in total. The molecular formula is C19H35IN8. The summed E-state index contributed by atoms with van der Waals surface area (Å²) in [5, 5.41) is 3.58. The van der Waals surface area contributed by atoms with Crippen molar-refractivity contribution in [3.05, 3.63) is 18.5 Å². The maximum Gasteiger partial charge on any atom is 0.225 e. The van der Waals surface area contributed by atoms with Gasteiger partial charge in [0.2, 0.25) is 5.95 Å². The predicted octanol–water partition coefficient (Wildman–Crippen LogP) is 0.676. The molecule has 1 atom stereocenters. The lowest BCUT2D eigenvalue weighted by Crippen LogP contribution is -2.53. The molecule has 3 heterocycles. The van der Waals surface area contributed by atoms with E-state index in [1.54, 1.807) is 12.4 Å². The van der Waals surface area contributed by atoms with Crippen molar-refractivity contribution in [1.29, 1.82) is 0 Å². The van der Waals surface area contributed by atoms with Crippen LogP contribution in [0.5, 0.6) is 0 Å². The predicted molar refractivity (Wildman–Crippen MR) is 126 cm³/mol. The molecule has 1 aromatic heterocycles. The fourth-order valence-electron chi connectivity index (χ4n) is 3.71. The van der Waals surface area contributed by atoms with Gasteiger partial charge in [-0.1, -0.05) is 6.92 Å². The molecule has 0 spiro atoms. The first-order valence-electron chi connectivity index (χ1n) is 10.0. The van der Waals surface area contributed by atoms with Crippen LogP contribution >= 0.6 is 24.0 Å². The van der Waals surface area contributed by atoms with Gasteiger partial charge < -0.3 is 24.9 Å². The monoisotopic (exact) mass is 502 g/mol. The number of anilines is 1. The highest BCUT2D eigenvalue weighted by Crippen LogP contribution is 2.10. The highest BCUT2D eigenvalue weighted by Gasteiger charge is 2.22. The molecule has 0 amide bonds. The van der Waals surface area contributed by atoms with Gasteiger partial charge in [-0.2, -0.15) is 0 Å². The number of aromatic nitrogens is 2. The lowest BCUT2D eigenvalue weighted by molar-refractivity contribution is 0.139. The van der Waals surface area contributed by atoms with E-state index in [1.807, 2.05) is 13.1 Å². The molecular weight excluding hydrogens is 467 g/mol. The Bertz CT molecular complexity index is 583. The highest BCUT2D eigenvalue weighted by atomic mass is 127. The van der Waals surface area contributed by atoms with Crippen molar-refractivity contribution in [3.63, 3.8) is 0 Å². The van der Waals surface area contributed by atoms with Gasteiger partial charge in [-0.3, -0.25) is 4.99 Å². The topological polar surface area (TPSA) is 63.1 Å². The standard InChI is InChI=1S/C19H34N8.HI/c1-17(16-25-9-7-24(3)8-10-25)15-23-18(20-2)26-11-13-27(14-12-26)19-21-5-4-6-22-19;/h4-6,17H,7-16H2,1-3H3,(H,20,23);1H. The van der Waals surface area contributed by atoms with E-state index in [-0.39, 0.29) is 24.0 Å². The van der Waals surface area contributed by atoms with Gasteiger partial charge in [0.1, 0.15) is 0 Å². The Balaban J connectivity index is 0.00000280. The molecule has 0 radical (unpaired) electrons. The van der Waals surface area contributed by atoms with Crippen LogP contribution in [-0.4, -0.2) is 110 Å². The molecule has 1 unspecified atom stereocenters. The normalized spacial score (nSPS) is 20.6. The van der Waals surface area contributed by atoms with E-state index < -0.39 is 0 Å². The number of nitrogens with one attached hydrogen (secondary N) is 1. The number of guanidine groups is 1. The number of rotatable bonds is 5. The SMILES string of the molecule is CN=C(NCC(C)CN1CCN(C)CC1)N1CCN(c2ncccn2)CC1.I. The Morgan fingerprint density at radius 2 is 1.71 bits per heavy atom. The number of aliphatic imine (C=N–C) groups is 1. The third-order valence-corrected chi connectivity index (χ3v) is 5.40. The summed E-state index contributed by atoms with van der Waals surface area (Å²) >= 11 is 0. The summed E-state index contributed by atoms with van der Waals surface area (Å²) in [6.45, 7) is 12.9. The summed E-state index contributed by atoms with van der Waals surface area (Å²) in [6.07, 6.45) is 3.61. The fraction of sp³-hybridized carbons (Fsp3) is 0.737. The summed E-state index contributed by atoms with van der Waals surface area (Å²) in [6, 6.07) is 1.86. The minimum Gasteiger partial charge on any atom is -0.356 e. The third kappa shape index (κ3) is 6.70. The van der Waals surface area contributed by atoms with Gasteiger partial charge in [0.05, 0.1) is 0 Å². The first kappa shape index (κ1) is 23.1. The number of nitrogens with zero attached hydrogens (tertiary/aromatic N) is 7. The van der Waals surface area contributed by atoms with Crippen LogP contribution in [0.3, 0.4) is 0 Å². The van der Waals surface area contributed by atoms with E-state index >= 15 is 0 Å². The van der Waals surface area contributed by atoms with Crippen LogP contribution in [-0.2, 0) is 0 Å². The molecule has 158 valence electrons. The zero-order valence-electron chi connectivity index (χ0n) is 17.4. The van der Waals surface area contributed by atoms with Crippen molar-refractivity contribution in [2.75, 3.05) is 84.4 Å². The largest absolute Gasteiger partial charge is 0.356 e. The van der Waals surface area contributed by atoms with E-state index in [9.17, 15) is 0 Å². The lowest BCUT2D eigenvalue weighted by atomic mass is 10.1. The smallest absolute Gasteiger partial charge is 0.225 e. The minimum atomic E-state index is 0. The van der Waals surface area contributed by atoms with E-state index in [2.05, 4.69) is 53.8 Å². The Morgan fingerprint density at radius 3 is 2.32 bits per heavy atom. The van der Waals surface area contributed by atoms with Gasteiger partial charge in [-0.25, -0.2) is 9.97 Å². The van der Waals surface area contributed by atoms with Gasteiger partial charge in [0.15, 0.2) is 5.96 Å². The number of halogens is 1. The summed E-state index contributed by atoms with van der Waals surface area (Å²) < 4.78 is 0. The van der Waals surface area contributed by atoms with Crippen LogP contribution in [0.1, 0.15) is 6.92 Å². The Labute approximate surface area is 186 Å². The van der Waals surface area contributed by atoms with Gasteiger partial charge in [-0.15, -0.1) is 24.0 Å². The maximum absolute atomic E-state index is 4.50. The fourth-order valence-corrected chi connectivity index (χ4v) is 3.71. The Hall–Kier alpha value is -1.20. The molecule has 0 aliphatic carbocycles. The van der Waals surface area contributed by atoms with Gasteiger partial charge >= 0.3 is 0 Å². The van der Waals surface area contributed by atoms with Crippen LogP contribution in [0, 0.1) is 5.92 Å². The molecule has 2 aliphatic heterocycles. The second-order valence-electron chi connectivity index (χ2n) is 7.66. The van der Waals surface area contributed by atoms with E-state index in [4.69, 9.17) is 0 Å². The highest BCUT2D eigenvalue weighted by molar-refractivity contribution is 14.0. The molecule has 0 saturated carbocycles. The maximum atomic E-state index is 4.50. The Morgan fingerprint density at radius 1 is 1.07 bits per heavy atom. The van der Waals surface area contributed by atoms with Crippen LogP contribution in [0.15, 0.2) is 23.5 Å². The molecule has 2 fully saturated rings.